The number of benzene rings is 1. The molecule has 0 aliphatic carbocycles. The third kappa shape index (κ3) is 7.18. The number of aliphatic hydroxyl groups excluding tert-OH is 2. The average molecular weight is 510 g/mol. The topological polar surface area (TPSA) is 107 Å². The fraction of sp³-hybridized carbons (Fsp3) is 0.533. The van der Waals surface area contributed by atoms with Gasteiger partial charge in [0.15, 0.2) is 5.82 Å². The third-order valence-corrected chi connectivity index (χ3v) is 7.01. The highest BCUT2D eigenvalue weighted by Gasteiger charge is 2.42. The Kier molecular flexibility index (Phi) is 9.16. The second-order valence-electron chi connectivity index (χ2n) is 11.3. The molecule has 37 heavy (non-hydrogen) atoms. The van der Waals surface area contributed by atoms with Gasteiger partial charge in [-0.2, -0.15) is 0 Å². The number of aromatic nitrogens is 2. The van der Waals surface area contributed by atoms with E-state index >= 15 is 0 Å². The zero-order chi connectivity index (χ0) is 27.3. The highest BCUT2D eigenvalue weighted by Crippen LogP contribution is 2.37. The van der Waals surface area contributed by atoms with Gasteiger partial charge >= 0.3 is 0 Å². The fourth-order valence-corrected chi connectivity index (χ4v) is 4.52. The highest BCUT2D eigenvalue weighted by atomic mass is 16.5. The van der Waals surface area contributed by atoms with Gasteiger partial charge in [-0.05, 0) is 67.7 Å². The third-order valence-electron chi connectivity index (χ3n) is 7.01. The molecule has 1 aromatic carbocycles. The monoisotopic (exact) mass is 509 g/mol. The molecule has 1 aliphatic heterocycles. The maximum Gasteiger partial charge on any atom is 0.291 e. The van der Waals surface area contributed by atoms with E-state index in [4.69, 9.17) is 4.74 Å². The molecule has 2 atom stereocenters. The average Bonchev–Trinajstić information content (AvgIpc) is 3.48. The van der Waals surface area contributed by atoms with Crippen LogP contribution in [-0.2, 0) is 11.2 Å². The van der Waals surface area contributed by atoms with Crippen LogP contribution in [0.25, 0.3) is 5.57 Å². The number of aromatic amines is 1. The first-order valence-corrected chi connectivity index (χ1v) is 13.3. The predicted molar refractivity (Wildman–Crippen MR) is 149 cm³/mol. The van der Waals surface area contributed by atoms with Gasteiger partial charge in [0.2, 0.25) is 0 Å². The number of H-pyrrole nitrogens is 1. The molecule has 0 radical (unpaired) electrons. The first-order valence-electron chi connectivity index (χ1n) is 13.3. The van der Waals surface area contributed by atoms with Crippen LogP contribution < -0.4 is 5.32 Å². The smallest absolute Gasteiger partial charge is 0.291 e. The van der Waals surface area contributed by atoms with Gasteiger partial charge in [-0.1, -0.05) is 58.9 Å². The van der Waals surface area contributed by atoms with Crippen molar-refractivity contribution in [3.63, 3.8) is 0 Å². The summed E-state index contributed by atoms with van der Waals surface area (Å²) in [6.45, 7) is 12.3. The van der Waals surface area contributed by atoms with E-state index in [9.17, 15) is 15.0 Å². The molecule has 0 spiro atoms. The zero-order valence-electron chi connectivity index (χ0n) is 23.1. The maximum atomic E-state index is 12.9. The van der Waals surface area contributed by atoms with Gasteiger partial charge in [-0.15, -0.1) is 0 Å². The number of aliphatic hydroxyl groups is 2. The Morgan fingerprint density at radius 2 is 1.86 bits per heavy atom. The lowest BCUT2D eigenvalue weighted by Crippen LogP contribution is -2.41. The number of anilines is 1. The van der Waals surface area contributed by atoms with Crippen molar-refractivity contribution in [3.8, 4) is 0 Å². The van der Waals surface area contributed by atoms with E-state index in [0.29, 0.717) is 19.3 Å². The Morgan fingerprint density at radius 3 is 2.41 bits per heavy atom. The molecule has 1 aliphatic rings. The van der Waals surface area contributed by atoms with Crippen LogP contribution in [0.15, 0.2) is 42.6 Å². The van der Waals surface area contributed by atoms with Crippen molar-refractivity contribution in [2.45, 2.75) is 84.8 Å². The molecule has 1 aromatic heterocycles. The van der Waals surface area contributed by atoms with Crippen molar-refractivity contribution in [1.82, 2.24) is 9.97 Å². The lowest BCUT2D eigenvalue weighted by atomic mass is 9.88. The molecule has 0 bridgehead atoms. The van der Waals surface area contributed by atoms with E-state index in [1.807, 2.05) is 38.1 Å². The largest absolute Gasteiger partial charge is 0.393 e. The molecule has 1 amide bonds. The molecule has 0 fully saturated rings. The van der Waals surface area contributed by atoms with Crippen LogP contribution >= 0.6 is 0 Å². The number of amides is 1. The van der Waals surface area contributed by atoms with Crippen LogP contribution in [-0.4, -0.2) is 50.5 Å². The van der Waals surface area contributed by atoms with Gasteiger partial charge < -0.3 is 25.3 Å². The number of carbonyl (C=O) groups is 1. The highest BCUT2D eigenvalue weighted by molar-refractivity contribution is 6.03. The zero-order valence-corrected chi connectivity index (χ0v) is 23.1. The van der Waals surface area contributed by atoms with Crippen molar-refractivity contribution < 1.29 is 19.7 Å². The molecule has 3 rings (SSSR count). The molecule has 7 heteroatoms. The number of hydrogen-bond acceptors (Lipinski definition) is 5. The van der Waals surface area contributed by atoms with E-state index in [2.05, 4.69) is 55.1 Å². The van der Waals surface area contributed by atoms with Gasteiger partial charge in [0.1, 0.15) is 11.2 Å². The Labute approximate surface area is 221 Å². The lowest BCUT2D eigenvalue weighted by Gasteiger charge is -2.33. The molecule has 0 unspecified atom stereocenters. The van der Waals surface area contributed by atoms with E-state index in [0.717, 1.165) is 35.3 Å². The van der Waals surface area contributed by atoms with Gasteiger partial charge in [-0.3, -0.25) is 4.79 Å². The van der Waals surface area contributed by atoms with E-state index < -0.39 is 11.2 Å². The molecule has 2 aromatic rings. The first-order chi connectivity index (χ1) is 17.5. The summed E-state index contributed by atoms with van der Waals surface area (Å²) >= 11 is 0. The minimum Gasteiger partial charge on any atom is -0.393 e. The van der Waals surface area contributed by atoms with E-state index in [1.165, 1.54) is 5.57 Å². The molecular formula is C30H43N3O4. The number of rotatable bonds is 11. The van der Waals surface area contributed by atoms with Gasteiger partial charge in [0, 0.05) is 17.4 Å². The minimum absolute atomic E-state index is 0.117. The summed E-state index contributed by atoms with van der Waals surface area (Å²) in [5.41, 5.74) is 3.32. The lowest BCUT2D eigenvalue weighted by molar-refractivity contribution is -0.132. The second kappa shape index (κ2) is 11.8. The molecular weight excluding hydrogens is 466 g/mol. The molecule has 2 heterocycles. The summed E-state index contributed by atoms with van der Waals surface area (Å²) in [6.07, 6.45) is 11.4. The number of allylic oxidation sites excluding steroid dienone is 2. The Balaban J connectivity index is 1.90. The van der Waals surface area contributed by atoms with Gasteiger partial charge in [-0.25, -0.2) is 4.98 Å². The first kappa shape index (κ1) is 28.8. The van der Waals surface area contributed by atoms with Crippen LogP contribution in [0.5, 0.6) is 0 Å². The van der Waals surface area contributed by atoms with Crippen LogP contribution in [0.4, 0.5) is 5.69 Å². The minimum atomic E-state index is -0.821. The van der Waals surface area contributed by atoms with Gasteiger partial charge in [0.05, 0.1) is 18.9 Å². The normalized spacial score (nSPS) is 22.0. The summed E-state index contributed by atoms with van der Waals surface area (Å²) in [5.74, 6) is -0.000367. The molecule has 7 nitrogen and oxygen atoms in total. The van der Waals surface area contributed by atoms with Crippen molar-refractivity contribution >= 4 is 17.2 Å². The summed E-state index contributed by atoms with van der Waals surface area (Å²) in [7, 11) is 0. The number of hydrogen-bond donors (Lipinski definition) is 4. The summed E-state index contributed by atoms with van der Waals surface area (Å²) in [6, 6.07) is 6.08. The summed E-state index contributed by atoms with van der Waals surface area (Å²) in [4.78, 5) is 20.1. The Bertz CT molecular complexity index is 1140. The quantitative estimate of drug-likeness (QED) is 0.295. The molecule has 0 saturated carbocycles. The van der Waals surface area contributed by atoms with E-state index in [-0.39, 0.29) is 30.4 Å². The van der Waals surface area contributed by atoms with Crippen molar-refractivity contribution in [2.24, 2.45) is 5.41 Å². The predicted octanol–water partition coefficient (Wildman–Crippen LogP) is 5.59. The Morgan fingerprint density at radius 1 is 1.16 bits per heavy atom. The van der Waals surface area contributed by atoms with E-state index in [1.54, 1.807) is 6.20 Å². The number of nitrogens with zero attached hydrogens (tertiary/aromatic N) is 1. The van der Waals surface area contributed by atoms with Crippen molar-refractivity contribution in [3.05, 3.63) is 65.3 Å². The maximum absolute atomic E-state index is 12.9. The number of carbonyl (C=O) groups excluding carboxylic acids is 1. The van der Waals surface area contributed by atoms with Crippen molar-refractivity contribution in [2.75, 3.05) is 18.5 Å². The molecule has 202 valence electrons. The van der Waals surface area contributed by atoms with Gasteiger partial charge in [0.25, 0.3) is 5.91 Å². The summed E-state index contributed by atoms with van der Waals surface area (Å²) < 4.78 is 6.22. The number of nitrogens with one attached hydrogen (secondary N) is 2. The number of aryl methyl sites for hydroxylation is 2. The fourth-order valence-electron chi connectivity index (χ4n) is 4.52. The van der Waals surface area contributed by atoms with Crippen LogP contribution in [0.3, 0.4) is 0 Å². The molecule has 0 saturated heterocycles. The number of imidazole rings is 1. The van der Waals surface area contributed by atoms with Crippen LogP contribution in [0.1, 0.15) is 87.7 Å². The summed E-state index contributed by atoms with van der Waals surface area (Å²) in [5, 5.41) is 23.1. The second-order valence-corrected chi connectivity index (χ2v) is 11.3. The van der Waals surface area contributed by atoms with Crippen molar-refractivity contribution in [1.29, 1.82) is 0 Å². The Hall–Kier alpha value is -2.74. The van der Waals surface area contributed by atoms with Crippen LogP contribution in [0.2, 0.25) is 0 Å². The SMILES string of the molecule is CC/C(=C\CC(C)(C)C)c1cc(CC[C@]2(CO)C=C[C@@](CC)(CO)O2)ccc1NC(=O)c1nc(C)c[nH]1. The standard InChI is InChI=1S/C30H43N3O4/c1-7-23(12-13-28(4,5)6)24-17-22(9-10-25(24)33-27(36)26-31-18-21(3)32-26)11-14-30(20-35)16-15-29(8-2,19-34)37-30/h9-10,12,15-18,34-35H,7-8,11,13-14,19-20H2,1-6H3,(H,31,32)(H,33,36)/b23-12+/t29-,30+/m0/s1. The van der Waals surface area contributed by atoms with Crippen LogP contribution in [0, 0.1) is 12.3 Å². The number of ether oxygens (including phenoxy) is 1. The molecule has 4 N–H and O–H groups in total.